The molecule has 2 fully saturated rings. The van der Waals surface area contributed by atoms with E-state index in [1.807, 2.05) is 0 Å². The fraction of sp³-hybridized carbons (Fsp3) is 0.824. The SMILES string of the molecule is CCN=C(NC1CC=CC1)NC1CC(OCC)C12CCC2.I. The first kappa shape index (κ1) is 18.0. The van der Waals surface area contributed by atoms with Crippen molar-refractivity contribution in [2.45, 2.75) is 70.6 Å². The van der Waals surface area contributed by atoms with Gasteiger partial charge in [0.1, 0.15) is 0 Å². The molecule has 126 valence electrons. The molecule has 22 heavy (non-hydrogen) atoms. The maximum Gasteiger partial charge on any atom is 0.191 e. The van der Waals surface area contributed by atoms with Crippen molar-refractivity contribution in [2.24, 2.45) is 10.4 Å². The zero-order valence-electron chi connectivity index (χ0n) is 13.8. The average Bonchev–Trinajstić information content (AvgIpc) is 2.88. The highest BCUT2D eigenvalue weighted by Crippen LogP contribution is 2.57. The molecule has 2 atom stereocenters. The Bertz CT molecular complexity index is 412. The van der Waals surface area contributed by atoms with Crippen molar-refractivity contribution in [2.75, 3.05) is 13.2 Å². The molecule has 2 unspecified atom stereocenters. The maximum absolute atomic E-state index is 5.93. The highest BCUT2D eigenvalue weighted by Gasteiger charge is 2.59. The summed E-state index contributed by atoms with van der Waals surface area (Å²) in [6, 6.07) is 1.05. The molecule has 2 saturated carbocycles. The van der Waals surface area contributed by atoms with Crippen LogP contribution in [0.3, 0.4) is 0 Å². The molecule has 3 rings (SSSR count). The molecule has 0 aromatic rings. The van der Waals surface area contributed by atoms with Gasteiger partial charge in [-0.2, -0.15) is 0 Å². The van der Waals surface area contributed by atoms with Crippen molar-refractivity contribution in [3.05, 3.63) is 12.2 Å². The van der Waals surface area contributed by atoms with Gasteiger partial charge in [-0.25, -0.2) is 0 Å². The van der Waals surface area contributed by atoms with Crippen molar-refractivity contribution in [1.29, 1.82) is 0 Å². The quantitative estimate of drug-likeness (QED) is 0.311. The van der Waals surface area contributed by atoms with E-state index in [0.29, 0.717) is 23.6 Å². The summed E-state index contributed by atoms with van der Waals surface area (Å²) in [6.45, 7) is 5.86. The molecule has 0 bridgehead atoms. The van der Waals surface area contributed by atoms with E-state index in [4.69, 9.17) is 4.74 Å². The minimum Gasteiger partial charge on any atom is -0.378 e. The van der Waals surface area contributed by atoms with Gasteiger partial charge in [0.2, 0.25) is 0 Å². The number of rotatable bonds is 5. The summed E-state index contributed by atoms with van der Waals surface area (Å²) >= 11 is 0. The van der Waals surface area contributed by atoms with Gasteiger partial charge < -0.3 is 15.4 Å². The molecule has 1 spiro atoms. The summed E-state index contributed by atoms with van der Waals surface area (Å²) in [4.78, 5) is 4.63. The highest BCUT2D eigenvalue weighted by molar-refractivity contribution is 14.0. The molecule has 0 saturated heterocycles. The van der Waals surface area contributed by atoms with Crippen LogP contribution < -0.4 is 10.6 Å². The Labute approximate surface area is 151 Å². The zero-order valence-corrected chi connectivity index (χ0v) is 16.1. The molecule has 4 nitrogen and oxygen atoms in total. The van der Waals surface area contributed by atoms with Crippen molar-refractivity contribution >= 4 is 29.9 Å². The summed E-state index contributed by atoms with van der Waals surface area (Å²) in [5, 5.41) is 7.28. The van der Waals surface area contributed by atoms with E-state index in [1.54, 1.807) is 0 Å². The summed E-state index contributed by atoms with van der Waals surface area (Å²) in [6.07, 6.45) is 12.3. The monoisotopic (exact) mass is 419 g/mol. The standard InChI is InChI=1S/C17H29N3O.HI/c1-3-18-16(19-13-8-5-6-9-13)20-14-12-15(21-4-2)17(14)10-7-11-17;/h5-6,13-15H,3-4,7-12H2,1-2H3,(H2,18,19,20);1H. The average molecular weight is 419 g/mol. The Kier molecular flexibility index (Phi) is 6.56. The van der Waals surface area contributed by atoms with Gasteiger partial charge in [-0.15, -0.1) is 24.0 Å². The molecular weight excluding hydrogens is 389 g/mol. The van der Waals surface area contributed by atoms with E-state index < -0.39 is 0 Å². The van der Waals surface area contributed by atoms with Gasteiger partial charge in [-0.3, -0.25) is 4.99 Å². The molecule has 0 radical (unpaired) electrons. The van der Waals surface area contributed by atoms with Crippen LogP contribution in [0.5, 0.6) is 0 Å². The van der Waals surface area contributed by atoms with Crippen LogP contribution in [-0.2, 0) is 4.74 Å². The third-order valence-electron chi connectivity index (χ3n) is 5.41. The van der Waals surface area contributed by atoms with E-state index in [0.717, 1.165) is 38.4 Å². The van der Waals surface area contributed by atoms with Crippen LogP contribution in [-0.4, -0.2) is 37.3 Å². The number of halogens is 1. The summed E-state index contributed by atoms with van der Waals surface area (Å²) < 4.78 is 5.93. The van der Waals surface area contributed by atoms with Gasteiger partial charge in [0.15, 0.2) is 5.96 Å². The second-order valence-corrected chi connectivity index (χ2v) is 6.57. The van der Waals surface area contributed by atoms with Crippen molar-refractivity contribution in [3.8, 4) is 0 Å². The van der Waals surface area contributed by atoms with Crippen molar-refractivity contribution in [1.82, 2.24) is 10.6 Å². The van der Waals surface area contributed by atoms with Crippen LogP contribution in [0.2, 0.25) is 0 Å². The molecule has 0 amide bonds. The van der Waals surface area contributed by atoms with Crippen LogP contribution in [0, 0.1) is 5.41 Å². The molecule has 0 aromatic carbocycles. The molecule has 2 N–H and O–H groups in total. The van der Waals surface area contributed by atoms with Gasteiger partial charge in [-0.1, -0.05) is 18.6 Å². The number of hydrogen-bond acceptors (Lipinski definition) is 2. The van der Waals surface area contributed by atoms with E-state index >= 15 is 0 Å². The van der Waals surface area contributed by atoms with Crippen LogP contribution in [0.1, 0.15) is 52.4 Å². The lowest BCUT2D eigenvalue weighted by Crippen LogP contribution is -2.69. The van der Waals surface area contributed by atoms with Gasteiger partial charge in [0.05, 0.1) is 6.10 Å². The molecule has 3 aliphatic carbocycles. The van der Waals surface area contributed by atoms with Crippen LogP contribution in [0.4, 0.5) is 0 Å². The first-order chi connectivity index (χ1) is 10.3. The van der Waals surface area contributed by atoms with Crippen molar-refractivity contribution < 1.29 is 4.74 Å². The van der Waals surface area contributed by atoms with Crippen LogP contribution >= 0.6 is 24.0 Å². The van der Waals surface area contributed by atoms with Gasteiger partial charge >= 0.3 is 0 Å². The third-order valence-corrected chi connectivity index (χ3v) is 5.41. The fourth-order valence-electron chi connectivity index (χ4n) is 4.03. The lowest BCUT2D eigenvalue weighted by Gasteiger charge is -2.61. The maximum atomic E-state index is 5.93. The molecule has 0 aromatic heterocycles. The first-order valence-electron chi connectivity index (χ1n) is 8.62. The lowest BCUT2D eigenvalue weighted by molar-refractivity contribution is -0.168. The normalized spacial score (nSPS) is 29.6. The number of guanidine groups is 1. The Balaban J connectivity index is 0.00000176. The van der Waals surface area contributed by atoms with Gasteiger partial charge in [0, 0.05) is 30.7 Å². The number of aliphatic imine (C=N–C) groups is 1. The largest absolute Gasteiger partial charge is 0.378 e. The van der Waals surface area contributed by atoms with Crippen molar-refractivity contribution in [3.63, 3.8) is 0 Å². The Morgan fingerprint density at radius 2 is 1.95 bits per heavy atom. The second kappa shape index (κ2) is 7.99. The summed E-state index contributed by atoms with van der Waals surface area (Å²) in [7, 11) is 0. The highest BCUT2D eigenvalue weighted by atomic mass is 127. The van der Waals surface area contributed by atoms with Gasteiger partial charge in [0.25, 0.3) is 0 Å². The predicted octanol–water partition coefficient (Wildman–Crippen LogP) is 3.23. The topological polar surface area (TPSA) is 45.7 Å². The Morgan fingerprint density at radius 3 is 2.50 bits per heavy atom. The zero-order chi connectivity index (χ0) is 14.7. The molecule has 3 aliphatic rings. The van der Waals surface area contributed by atoms with E-state index in [-0.39, 0.29) is 24.0 Å². The molecule has 5 heteroatoms. The second-order valence-electron chi connectivity index (χ2n) is 6.57. The number of hydrogen-bond donors (Lipinski definition) is 2. The predicted molar refractivity (Wildman–Crippen MR) is 102 cm³/mol. The van der Waals surface area contributed by atoms with Crippen LogP contribution in [0.25, 0.3) is 0 Å². The number of nitrogens with zero attached hydrogens (tertiary/aromatic N) is 1. The fourth-order valence-corrected chi connectivity index (χ4v) is 4.03. The first-order valence-corrected chi connectivity index (χ1v) is 8.62. The smallest absolute Gasteiger partial charge is 0.191 e. The molecular formula is C17H30IN3O. The Morgan fingerprint density at radius 1 is 1.23 bits per heavy atom. The van der Waals surface area contributed by atoms with E-state index in [2.05, 4.69) is 41.6 Å². The minimum atomic E-state index is 0. The van der Waals surface area contributed by atoms with E-state index in [1.165, 1.54) is 19.3 Å². The third kappa shape index (κ3) is 3.45. The Hall–Kier alpha value is -0.300. The number of nitrogens with one attached hydrogen (secondary N) is 2. The lowest BCUT2D eigenvalue weighted by atomic mass is 9.51. The summed E-state index contributed by atoms with van der Waals surface area (Å²) in [5.41, 5.74) is 0.389. The summed E-state index contributed by atoms with van der Waals surface area (Å²) in [5.74, 6) is 0.998. The van der Waals surface area contributed by atoms with E-state index in [9.17, 15) is 0 Å². The molecule has 0 aliphatic heterocycles. The molecule has 0 heterocycles. The van der Waals surface area contributed by atoms with Gasteiger partial charge in [-0.05, 0) is 46.0 Å². The minimum absolute atomic E-state index is 0. The number of ether oxygens (including phenoxy) is 1. The van der Waals surface area contributed by atoms with Crippen LogP contribution in [0.15, 0.2) is 17.1 Å².